The van der Waals surface area contributed by atoms with E-state index in [0.29, 0.717) is 17.8 Å². The number of nitrogens with zero attached hydrogens (tertiary/aromatic N) is 1. The van der Waals surface area contributed by atoms with Crippen molar-refractivity contribution < 1.29 is 4.79 Å². The molecule has 5 heteroatoms. The number of carbonyl (C=O) groups excluding carboxylic acids is 1. The van der Waals surface area contributed by atoms with Gasteiger partial charge in [-0.05, 0) is 24.1 Å². The van der Waals surface area contributed by atoms with Crippen LogP contribution >= 0.6 is 15.9 Å². The number of aromatic amines is 1. The van der Waals surface area contributed by atoms with Crippen molar-refractivity contribution in [2.75, 3.05) is 0 Å². The fourth-order valence-electron chi connectivity index (χ4n) is 2.76. The van der Waals surface area contributed by atoms with Gasteiger partial charge in [0.25, 0.3) is 0 Å². The van der Waals surface area contributed by atoms with Crippen molar-refractivity contribution in [3.05, 3.63) is 76.7 Å². The molecule has 0 amide bonds. The molecule has 0 aliphatic carbocycles. The van der Waals surface area contributed by atoms with Crippen LogP contribution in [0.3, 0.4) is 0 Å². The van der Waals surface area contributed by atoms with Gasteiger partial charge in [0, 0.05) is 10.0 Å². The monoisotopic (exact) mass is 395 g/mol. The average Bonchev–Trinajstić information content (AvgIpc) is 3.12. The normalized spacial score (nSPS) is 11.9. The summed E-state index contributed by atoms with van der Waals surface area (Å²) in [7, 11) is 0. The topological polar surface area (TPSA) is 69.6 Å². The zero-order valence-corrected chi connectivity index (χ0v) is 15.4. The van der Waals surface area contributed by atoms with Gasteiger partial charge in [0.2, 0.25) is 5.78 Å². The summed E-state index contributed by atoms with van der Waals surface area (Å²) in [6.45, 7) is 1.96. The lowest BCUT2D eigenvalue weighted by molar-refractivity contribution is 0.106. The third-order valence-corrected chi connectivity index (χ3v) is 4.59. The van der Waals surface area contributed by atoms with E-state index < -0.39 is 0 Å². The number of hydrogen-bond acceptors (Lipinski definition) is 3. The Bertz CT molecular complexity index is 902. The van der Waals surface area contributed by atoms with Crippen LogP contribution in [-0.4, -0.2) is 21.5 Å². The van der Waals surface area contributed by atoms with Crippen molar-refractivity contribution in [1.82, 2.24) is 9.97 Å². The fraction of sp³-hybridized carbons (Fsp3) is 0.150. The SMILES string of the molecule is CCC(C(=N)C(=O)c1cccc(Br)c1)c1ncc(-c2ccccc2)[nH]1. The van der Waals surface area contributed by atoms with E-state index in [-0.39, 0.29) is 17.4 Å². The Kier molecular flexibility index (Phi) is 5.24. The van der Waals surface area contributed by atoms with Gasteiger partial charge in [0.05, 0.1) is 23.5 Å². The Morgan fingerprint density at radius 3 is 2.64 bits per heavy atom. The summed E-state index contributed by atoms with van der Waals surface area (Å²) in [5.41, 5.74) is 2.47. The largest absolute Gasteiger partial charge is 0.341 e. The van der Waals surface area contributed by atoms with Crippen LogP contribution in [-0.2, 0) is 0 Å². The van der Waals surface area contributed by atoms with Gasteiger partial charge in [0.1, 0.15) is 5.82 Å². The molecule has 0 saturated carbocycles. The average molecular weight is 396 g/mol. The number of benzene rings is 2. The van der Waals surface area contributed by atoms with E-state index in [4.69, 9.17) is 5.41 Å². The molecule has 3 aromatic rings. The van der Waals surface area contributed by atoms with Crippen LogP contribution < -0.4 is 0 Å². The highest BCUT2D eigenvalue weighted by Gasteiger charge is 2.25. The summed E-state index contributed by atoms with van der Waals surface area (Å²) in [6.07, 6.45) is 2.38. The molecule has 3 rings (SSSR count). The van der Waals surface area contributed by atoms with Gasteiger partial charge >= 0.3 is 0 Å². The maximum Gasteiger partial charge on any atom is 0.207 e. The zero-order chi connectivity index (χ0) is 17.8. The molecule has 0 aliphatic rings. The quantitative estimate of drug-likeness (QED) is 0.442. The van der Waals surface area contributed by atoms with Crippen LogP contribution in [0.4, 0.5) is 0 Å². The number of ketones is 1. The van der Waals surface area contributed by atoms with Gasteiger partial charge in [-0.2, -0.15) is 0 Å². The number of rotatable bonds is 6. The smallest absolute Gasteiger partial charge is 0.207 e. The molecule has 0 radical (unpaired) electrons. The number of Topliss-reactive ketones (excluding diaryl/α,β-unsaturated/α-hetero) is 1. The first-order chi connectivity index (χ1) is 12.1. The Labute approximate surface area is 155 Å². The van der Waals surface area contributed by atoms with Gasteiger partial charge < -0.3 is 10.4 Å². The molecule has 0 fully saturated rings. The Morgan fingerprint density at radius 1 is 1.20 bits per heavy atom. The van der Waals surface area contributed by atoms with E-state index >= 15 is 0 Å². The number of nitrogens with one attached hydrogen (secondary N) is 2. The van der Waals surface area contributed by atoms with Gasteiger partial charge in [0.15, 0.2) is 0 Å². The van der Waals surface area contributed by atoms with Crippen molar-refractivity contribution in [2.45, 2.75) is 19.3 Å². The van der Waals surface area contributed by atoms with E-state index in [2.05, 4.69) is 25.9 Å². The second-order valence-corrected chi connectivity index (χ2v) is 6.68. The van der Waals surface area contributed by atoms with Crippen LogP contribution in [0.1, 0.15) is 35.4 Å². The zero-order valence-electron chi connectivity index (χ0n) is 13.8. The van der Waals surface area contributed by atoms with Crippen LogP contribution in [0.2, 0.25) is 0 Å². The Morgan fingerprint density at radius 2 is 1.96 bits per heavy atom. The second kappa shape index (κ2) is 7.57. The molecule has 0 aliphatic heterocycles. The Balaban J connectivity index is 1.86. The molecular weight excluding hydrogens is 378 g/mol. The number of carbonyl (C=O) groups is 1. The first-order valence-electron chi connectivity index (χ1n) is 8.09. The molecule has 0 spiro atoms. The molecule has 0 bridgehead atoms. The minimum absolute atomic E-state index is 0.0505. The summed E-state index contributed by atoms with van der Waals surface area (Å²) >= 11 is 3.37. The van der Waals surface area contributed by atoms with Crippen molar-refractivity contribution in [3.63, 3.8) is 0 Å². The summed E-state index contributed by atoms with van der Waals surface area (Å²) < 4.78 is 0.823. The van der Waals surface area contributed by atoms with Crippen LogP contribution in [0.25, 0.3) is 11.3 Å². The maximum absolute atomic E-state index is 12.7. The first kappa shape index (κ1) is 17.3. The molecule has 2 aromatic carbocycles. The van der Waals surface area contributed by atoms with Crippen molar-refractivity contribution >= 4 is 27.4 Å². The molecule has 1 unspecified atom stereocenters. The highest BCUT2D eigenvalue weighted by atomic mass is 79.9. The van der Waals surface area contributed by atoms with Crippen LogP contribution in [0, 0.1) is 5.41 Å². The van der Waals surface area contributed by atoms with Crippen molar-refractivity contribution in [3.8, 4) is 11.3 Å². The standard InChI is InChI=1S/C20H18BrN3O/c1-2-16(18(22)19(25)14-9-6-10-15(21)11-14)20-23-12-17(24-20)13-7-4-3-5-8-13/h3-12,16,22H,2H2,1H3,(H,23,24). The van der Waals surface area contributed by atoms with Crippen LogP contribution in [0.15, 0.2) is 65.3 Å². The predicted molar refractivity (Wildman–Crippen MR) is 103 cm³/mol. The van der Waals surface area contributed by atoms with E-state index in [0.717, 1.165) is 15.7 Å². The third-order valence-electron chi connectivity index (χ3n) is 4.10. The molecule has 0 saturated heterocycles. The number of imidazole rings is 1. The highest BCUT2D eigenvalue weighted by Crippen LogP contribution is 2.24. The van der Waals surface area contributed by atoms with E-state index in [1.54, 1.807) is 24.4 Å². The molecule has 4 nitrogen and oxygen atoms in total. The van der Waals surface area contributed by atoms with Crippen molar-refractivity contribution in [1.29, 1.82) is 5.41 Å². The summed E-state index contributed by atoms with van der Waals surface area (Å²) in [5, 5.41) is 8.39. The minimum atomic E-state index is -0.357. The van der Waals surface area contributed by atoms with Gasteiger partial charge in [-0.1, -0.05) is 65.3 Å². The lowest BCUT2D eigenvalue weighted by Gasteiger charge is -2.13. The summed E-state index contributed by atoms with van der Waals surface area (Å²) in [5.74, 6) is 0.0180. The van der Waals surface area contributed by atoms with Gasteiger partial charge in [-0.3, -0.25) is 4.79 Å². The molecule has 2 N–H and O–H groups in total. The molecule has 25 heavy (non-hydrogen) atoms. The maximum atomic E-state index is 12.7. The van der Waals surface area contributed by atoms with Gasteiger partial charge in [-0.15, -0.1) is 0 Å². The number of H-pyrrole nitrogens is 1. The molecule has 126 valence electrons. The number of hydrogen-bond donors (Lipinski definition) is 2. The van der Waals surface area contributed by atoms with Gasteiger partial charge in [-0.25, -0.2) is 4.98 Å². The fourth-order valence-corrected chi connectivity index (χ4v) is 3.16. The number of aromatic nitrogens is 2. The molecular formula is C20H18BrN3O. The third kappa shape index (κ3) is 3.77. The first-order valence-corrected chi connectivity index (χ1v) is 8.88. The lowest BCUT2D eigenvalue weighted by Crippen LogP contribution is -2.22. The molecule has 1 heterocycles. The second-order valence-electron chi connectivity index (χ2n) is 5.76. The van der Waals surface area contributed by atoms with Crippen molar-refractivity contribution in [2.24, 2.45) is 0 Å². The van der Waals surface area contributed by atoms with Crippen LogP contribution in [0.5, 0.6) is 0 Å². The minimum Gasteiger partial charge on any atom is -0.341 e. The van der Waals surface area contributed by atoms with E-state index in [1.807, 2.05) is 43.3 Å². The van der Waals surface area contributed by atoms with E-state index in [9.17, 15) is 4.79 Å². The summed E-state index contributed by atoms with van der Waals surface area (Å²) in [6, 6.07) is 17.0. The molecule has 1 atom stereocenters. The number of halogens is 1. The summed E-state index contributed by atoms with van der Waals surface area (Å²) in [4.78, 5) is 20.3. The lowest BCUT2D eigenvalue weighted by atomic mass is 9.93. The highest BCUT2D eigenvalue weighted by molar-refractivity contribution is 9.10. The predicted octanol–water partition coefficient (Wildman–Crippen LogP) is 5.24. The Hall–Kier alpha value is -2.53. The van der Waals surface area contributed by atoms with E-state index in [1.165, 1.54) is 0 Å². The molecule has 1 aromatic heterocycles.